The minimum Gasteiger partial charge on any atom is -0.379 e. The fourth-order valence-corrected chi connectivity index (χ4v) is 1.70. The number of benzene rings is 1. The van der Waals surface area contributed by atoms with Gasteiger partial charge in [0.15, 0.2) is 0 Å². The molecule has 0 saturated heterocycles. The van der Waals surface area contributed by atoms with Crippen LogP contribution < -0.4 is 0 Å². The third-order valence-electron chi connectivity index (χ3n) is 2.94. The molecule has 0 aliphatic rings. The number of aryl methyl sites for hydroxylation is 2. The maximum absolute atomic E-state index is 10.5. The molecule has 1 unspecified atom stereocenters. The van der Waals surface area contributed by atoms with E-state index in [1.165, 1.54) is 0 Å². The Kier molecular flexibility index (Phi) is 2.56. The van der Waals surface area contributed by atoms with Crippen molar-refractivity contribution >= 4 is 0 Å². The molecule has 16 heavy (non-hydrogen) atoms. The highest BCUT2D eigenvalue weighted by molar-refractivity contribution is 5.30. The zero-order valence-corrected chi connectivity index (χ0v) is 9.81. The lowest BCUT2D eigenvalue weighted by molar-refractivity contribution is 0.0977. The Labute approximate surface area is 95.4 Å². The summed E-state index contributed by atoms with van der Waals surface area (Å²) in [6.45, 7) is 3.69. The van der Waals surface area contributed by atoms with Gasteiger partial charge in [0.2, 0.25) is 0 Å². The summed E-state index contributed by atoms with van der Waals surface area (Å²) in [5.74, 6) is 0.895. The molecule has 0 spiro atoms. The van der Waals surface area contributed by atoms with E-state index in [1.807, 2.05) is 55.1 Å². The van der Waals surface area contributed by atoms with Crippen LogP contribution in [0.25, 0.3) is 0 Å². The van der Waals surface area contributed by atoms with E-state index in [-0.39, 0.29) is 0 Å². The van der Waals surface area contributed by atoms with Crippen molar-refractivity contribution in [1.29, 1.82) is 0 Å². The Morgan fingerprint density at radius 2 is 1.88 bits per heavy atom. The van der Waals surface area contributed by atoms with Crippen LogP contribution in [0.5, 0.6) is 0 Å². The average Bonchev–Trinajstić information content (AvgIpc) is 2.61. The number of aliphatic hydroxyl groups is 1. The van der Waals surface area contributed by atoms with Gasteiger partial charge >= 0.3 is 0 Å². The molecule has 0 bridgehead atoms. The molecule has 3 heteroatoms. The van der Waals surface area contributed by atoms with Crippen molar-refractivity contribution in [1.82, 2.24) is 9.55 Å². The van der Waals surface area contributed by atoms with Crippen molar-refractivity contribution in [3.8, 4) is 0 Å². The molecule has 2 rings (SSSR count). The summed E-state index contributed by atoms with van der Waals surface area (Å²) in [6, 6.07) is 9.58. The van der Waals surface area contributed by atoms with Crippen molar-refractivity contribution in [2.45, 2.75) is 19.4 Å². The molecular weight excluding hydrogens is 200 g/mol. The van der Waals surface area contributed by atoms with Crippen LogP contribution in [-0.2, 0) is 12.6 Å². The van der Waals surface area contributed by atoms with Gasteiger partial charge in [0, 0.05) is 13.2 Å². The maximum Gasteiger partial charge on any atom is 0.130 e. The van der Waals surface area contributed by atoms with Gasteiger partial charge in [0.05, 0.1) is 5.69 Å². The highest BCUT2D eigenvalue weighted by atomic mass is 16.3. The van der Waals surface area contributed by atoms with Gasteiger partial charge in [-0.3, -0.25) is 0 Å². The minimum atomic E-state index is -1.03. The Hall–Kier alpha value is -1.61. The largest absolute Gasteiger partial charge is 0.379 e. The predicted octanol–water partition coefficient (Wildman–Crippen LogP) is 1.98. The Balaban J connectivity index is 2.46. The molecule has 0 aliphatic carbocycles. The van der Waals surface area contributed by atoms with Gasteiger partial charge in [-0.2, -0.15) is 0 Å². The summed E-state index contributed by atoms with van der Waals surface area (Å²) >= 11 is 0. The summed E-state index contributed by atoms with van der Waals surface area (Å²) in [6.07, 6.45) is 1.86. The van der Waals surface area contributed by atoms with Crippen molar-refractivity contribution in [3.63, 3.8) is 0 Å². The zero-order chi connectivity index (χ0) is 11.8. The molecule has 1 aromatic heterocycles. The molecule has 1 aromatic carbocycles. The van der Waals surface area contributed by atoms with Crippen LogP contribution in [0, 0.1) is 6.92 Å². The van der Waals surface area contributed by atoms with Crippen molar-refractivity contribution in [2.24, 2.45) is 7.05 Å². The summed E-state index contributed by atoms with van der Waals surface area (Å²) in [7, 11) is 1.92. The average molecular weight is 216 g/mol. The number of nitrogens with zero attached hydrogens (tertiary/aromatic N) is 2. The molecule has 2 aromatic rings. The lowest BCUT2D eigenvalue weighted by Gasteiger charge is -2.21. The number of imidazole rings is 1. The number of hydrogen-bond acceptors (Lipinski definition) is 2. The van der Waals surface area contributed by atoms with E-state index >= 15 is 0 Å². The van der Waals surface area contributed by atoms with Crippen LogP contribution in [0.15, 0.2) is 36.5 Å². The first-order valence-corrected chi connectivity index (χ1v) is 5.30. The second kappa shape index (κ2) is 3.76. The lowest BCUT2D eigenvalue weighted by atomic mass is 9.93. The SMILES string of the molecule is Cc1nc(C(C)(O)c2ccccc2)cn1C. The van der Waals surface area contributed by atoms with E-state index in [2.05, 4.69) is 4.98 Å². The zero-order valence-electron chi connectivity index (χ0n) is 9.81. The molecule has 3 nitrogen and oxygen atoms in total. The highest BCUT2D eigenvalue weighted by Gasteiger charge is 2.28. The monoisotopic (exact) mass is 216 g/mol. The van der Waals surface area contributed by atoms with Gasteiger partial charge in [-0.05, 0) is 19.4 Å². The quantitative estimate of drug-likeness (QED) is 0.833. The third-order valence-corrected chi connectivity index (χ3v) is 2.94. The second-order valence-electron chi connectivity index (χ2n) is 4.22. The number of rotatable bonds is 2. The van der Waals surface area contributed by atoms with Crippen molar-refractivity contribution < 1.29 is 5.11 Å². The molecule has 1 heterocycles. The molecule has 1 atom stereocenters. The summed E-state index contributed by atoms with van der Waals surface area (Å²) in [4.78, 5) is 4.37. The Morgan fingerprint density at radius 3 is 2.38 bits per heavy atom. The van der Waals surface area contributed by atoms with Crippen LogP contribution >= 0.6 is 0 Å². The van der Waals surface area contributed by atoms with E-state index in [0.29, 0.717) is 5.69 Å². The molecule has 0 fully saturated rings. The van der Waals surface area contributed by atoms with Gasteiger partial charge in [0.1, 0.15) is 11.4 Å². The van der Waals surface area contributed by atoms with Gasteiger partial charge < -0.3 is 9.67 Å². The van der Waals surface area contributed by atoms with E-state index in [9.17, 15) is 5.11 Å². The first-order chi connectivity index (χ1) is 7.51. The van der Waals surface area contributed by atoms with Gasteiger partial charge in [-0.1, -0.05) is 30.3 Å². The lowest BCUT2D eigenvalue weighted by Crippen LogP contribution is -2.23. The Bertz CT molecular complexity index is 466. The third kappa shape index (κ3) is 1.74. The Morgan fingerprint density at radius 1 is 1.25 bits per heavy atom. The summed E-state index contributed by atoms with van der Waals surface area (Å²) in [5, 5.41) is 10.5. The smallest absolute Gasteiger partial charge is 0.130 e. The highest BCUT2D eigenvalue weighted by Crippen LogP contribution is 2.27. The van der Waals surface area contributed by atoms with E-state index < -0.39 is 5.60 Å². The molecule has 0 amide bonds. The second-order valence-corrected chi connectivity index (χ2v) is 4.22. The molecular formula is C13H16N2O. The maximum atomic E-state index is 10.5. The van der Waals surface area contributed by atoms with Crippen LogP contribution in [0.1, 0.15) is 24.0 Å². The molecule has 1 N–H and O–H groups in total. The fraction of sp³-hybridized carbons (Fsp3) is 0.308. The first kappa shape index (κ1) is 10.9. The van der Waals surface area contributed by atoms with Gasteiger partial charge in [-0.15, -0.1) is 0 Å². The van der Waals surface area contributed by atoms with E-state index in [4.69, 9.17) is 0 Å². The van der Waals surface area contributed by atoms with Crippen LogP contribution in [-0.4, -0.2) is 14.7 Å². The topological polar surface area (TPSA) is 38.1 Å². The van der Waals surface area contributed by atoms with Crippen LogP contribution in [0.3, 0.4) is 0 Å². The van der Waals surface area contributed by atoms with Crippen molar-refractivity contribution in [2.75, 3.05) is 0 Å². The molecule has 0 saturated carbocycles. The predicted molar refractivity (Wildman–Crippen MR) is 63.1 cm³/mol. The van der Waals surface area contributed by atoms with E-state index in [1.54, 1.807) is 6.92 Å². The van der Waals surface area contributed by atoms with E-state index in [0.717, 1.165) is 11.4 Å². The fourth-order valence-electron chi connectivity index (χ4n) is 1.70. The van der Waals surface area contributed by atoms with Crippen LogP contribution in [0.2, 0.25) is 0 Å². The van der Waals surface area contributed by atoms with Gasteiger partial charge in [0.25, 0.3) is 0 Å². The number of hydrogen-bond donors (Lipinski definition) is 1. The molecule has 84 valence electrons. The van der Waals surface area contributed by atoms with Crippen molar-refractivity contribution in [3.05, 3.63) is 53.6 Å². The molecule has 0 aliphatic heterocycles. The summed E-state index contributed by atoms with van der Waals surface area (Å²) < 4.78 is 1.91. The standard InChI is InChI=1S/C13H16N2O/c1-10-14-12(9-15(10)3)13(2,16)11-7-5-4-6-8-11/h4-9,16H,1-3H3. The van der Waals surface area contributed by atoms with Crippen LogP contribution in [0.4, 0.5) is 0 Å². The van der Waals surface area contributed by atoms with Gasteiger partial charge in [-0.25, -0.2) is 4.98 Å². The first-order valence-electron chi connectivity index (χ1n) is 5.30. The minimum absolute atomic E-state index is 0.679. The number of aromatic nitrogens is 2. The molecule has 0 radical (unpaired) electrons. The normalized spacial score (nSPS) is 14.8. The summed E-state index contributed by atoms with van der Waals surface area (Å²) in [5.41, 5.74) is 0.500.